The Balaban J connectivity index is 1.06. The van der Waals surface area contributed by atoms with Gasteiger partial charge in [-0.15, -0.1) is 0 Å². The van der Waals surface area contributed by atoms with Crippen LogP contribution in [0.2, 0.25) is 0 Å². The van der Waals surface area contributed by atoms with E-state index >= 15 is 0 Å². The molecule has 302 valence electrons. The molecule has 2 fully saturated rings. The van der Waals surface area contributed by atoms with Crippen LogP contribution in [0.25, 0.3) is 33.6 Å². The van der Waals surface area contributed by atoms with Crippen LogP contribution in [0.15, 0.2) is 48.7 Å². The fourth-order valence-electron chi connectivity index (χ4n) is 8.54. The number of benzene rings is 2. The summed E-state index contributed by atoms with van der Waals surface area (Å²) in [5, 5.41) is 5.44. The number of rotatable bonds is 10. The Hall–Kier alpha value is -5.66. The van der Waals surface area contributed by atoms with Gasteiger partial charge in [0.15, 0.2) is 0 Å². The first-order valence-electron chi connectivity index (χ1n) is 20.1. The number of aryl methyl sites for hydroxylation is 2. The van der Waals surface area contributed by atoms with Crippen LogP contribution in [0.5, 0.6) is 0 Å². The molecule has 0 bridgehead atoms. The summed E-state index contributed by atoms with van der Waals surface area (Å²) >= 11 is 0. The van der Waals surface area contributed by atoms with Crippen LogP contribution < -0.4 is 10.6 Å². The van der Waals surface area contributed by atoms with E-state index in [-0.39, 0.29) is 35.7 Å². The van der Waals surface area contributed by atoms with Crippen molar-refractivity contribution in [2.75, 3.05) is 27.3 Å². The van der Waals surface area contributed by atoms with Gasteiger partial charge in [0.2, 0.25) is 11.8 Å². The molecule has 7 rings (SSSR count). The second-order valence-electron chi connectivity index (χ2n) is 16.0. The first-order chi connectivity index (χ1) is 27.5. The first kappa shape index (κ1) is 39.6. The van der Waals surface area contributed by atoms with Crippen LogP contribution >= 0.6 is 0 Å². The van der Waals surface area contributed by atoms with Gasteiger partial charge in [0.25, 0.3) is 0 Å². The standard InChI is InChI=1S/C43H54N8O6/c1-24(2)35(48-42(54)56-5)40(52)50-20-8-12-33(50)38-44-23-32(46-38)27-16-14-26(15-17-27)28-18-19-30-29(22-28)10-7-11-31-37(30)47-39(45-31)34-13-9-21-51(34)41(53)36(25(3)4)49-43(55)57-6/h14-19,22-25,33-36H,7-13,20-21H2,1-6H3,(H,44,46)(H,45,47)(H,48,54)(H,49,55)/t33-,34-,35-,36?/m0/s1. The van der Waals surface area contributed by atoms with Crippen molar-refractivity contribution in [1.29, 1.82) is 0 Å². The van der Waals surface area contributed by atoms with Crippen molar-refractivity contribution in [2.45, 2.75) is 96.8 Å². The molecule has 57 heavy (non-hydrogen) atoms. The minimum atomic E-state index is -0.686. The highest BCUT2D eigenvalue weighted by molar-refractivity contribution is 5.87. The monoisotopic (exact) mass is 778 g/mol. The molecule has 0 saturated carbocycles. The number of H-pyrrole nitrogens is 2. The Morgan fingerprint density at radius 3 is 1.86 bits per heavy atom. The number of fused-ring (bicyclic) bond motifs is 3. The largest absolute Gasteiger partial charge is 0.453 e. The number of nitrogens with one attached hydrogen (secondary N) is 4. The van der Waals surface area contributed by atoms with Crippen LogP contribution in [0.3, 0.4) is 0 Å². The molecule has 2 saturated heterocycles. The summed E-state index contributed by atoms with van der Waals surface area (Å²) in [6.45, 7) is 8.85. The van der Waals surface area contributed by atoms with Gasteiger partial charge in [-0.2, -0.15) is 0 Å². The Morgan fingerprint density at radius 1 is 0.719 bits per heavy atom. The van der Waals surface area contributed by atoms with Gasteiger partial charge in [-0.25, -0.2) is 19.6 Å². The zero-order valence-corrected chi connectivity index (χ0v) is 33.7. The topological polar surface area (TPSA) is 175 Å². The lowest BCUT2D eigenvalue weighted by atomic mass is 9.95. The van der Waals surface area contributed by atoms with Gasteiger partial charge in [-0.05, 0) is 79.0 Å². The van der Waals surface area contributed by atoms with E-state index in [1.807, 2.05) is 43.7 Å². The minimum absolute atomic E-state index is 0.101. The number of carbonyl (C=O) groups is 4. The summed E-state index contributed by atoms with van der Waals surface area (Å²) in [5.74, 6) is 1.07. The van der Waals surface area contributed by atoms with Crippen molar-refractivity contribution in [3.8, 4) is 33.6 Å². The lowest BCUT2D eigenvalue weighted by molar-refractivity contribution is -0.136. The molecule has 4 amide bonds. The summed E-state index contributed by atoms with van der Waals surface area (Å²) in [5.41, 5.74) is 8.47. The molecular formula is C43H54N8O6. The van der Waals surface area contributed by atoms with E-state index in [1.165, 1.54) is 19.8 Å². The molecule has 0 spiro atoms. The van der Waals surface area contributed by atoms with E-state index in [2.05, 4.69) is 63.1 Å². The molecule has 1 unspecified atom stereocenters. The lowest BCUT2D eigenvalue weighted by Gasteiger charge is -2.30. The number of likely N-dealkylation sites (tertiary alicyclic amines) is 2. The molecule has 2 aromatic carbocycles. The van der Waals surface area contributed by atoms with E-state index in [9.17, 15) is 19.2 Å². The number of methoxy groups -OCH3 is 2. The predicted molar refractivity (Wildman–Crippen MR) is 215 cm³/mol. The summed E-state index contributed by atoms with van der Waals surface area (Å²) in [4.78, 5) is 72.0. The molecule has 1 aliphatic carbocycles. The molecule has 14 heteroatoms. The molecule has 4 N–H and O–H groups in total. The molecule has 2 aromatic heterocycles. The average molecular weight is 779 g/mol. The number of ether oxygens (including phenoxy) is 2. The first-order valence-corrected chi connectivity index (χ1v) is 20.1. The maximum absolute atomic E-state index is 13.7. The number of amides is 4. The quantitative estimate of drug-likeness (QED) is 0.137. The Labute approximate surface area is 333 Å². The highest BCUT2D eigenvalue weighted by atomic mass is 16.5. The molecule has 3 aliphatic rings. The van der Waals surface area contributed by atoms with Gasteiger partial charge in [0.05, 0.1) is 43.9 Å². The van der Waals surface area contributed by atoms with Gasteiger partial charge in [-0.3, -0.25) is 9.59 Å². The van der Waals surface area contributed by atoms with Crippen LogP contribution in [0.4, 0.5) is 9.59 Å². The second kappa shape index (κ2) is 16.8. The molecule has 2 aliphatic heterocycles. The third kappa shape index (κ3) is 8.12. The van der Waals surface area contributed by atoms with Crippen molar-refractivity contribution < 1.29 is 28.7 Å². The highest BCUT2D eigenvalue weighted by Gasteiger charge is 2.39. The number of hydrogen-bond donors (Lipinski definition) is 4. The van der Waals surface area contributed by atoms with Crippen molar-refractivity contribution in [2.24, 2.45) is 11.8 Å². The van der Waals surface area contributed by atoms with Crippen LogP contribution in [0.1, 0.15) is 94.8 Å². The summed E-state index contributed by atoms with van der Waals surface area (Å²) < 4.78 is 9.57. The van der Waals surface area contributed by atoms with E-state index in [1.54, 1.807) is 0 Å². The van der Waals surface area contributed by atoms with E-state index in [4.69, 9.17) is 19.4 Å². The lowest BCUT2D eigenvalue weighted by Crippen LogP contribution is -2.51. The highest BCUT2D eigenvalue weighted by Crippen LogP contribution is 2.39. The van der Waals surface area contributed by atoms with E-state index < -0.39 is 24.3 Å². The number of aromatic nitrogens is 4. The summed E-state index contributed by atoms with van der Waals surface area (Å²) in [6.07, 6.45) is 6.65. The Kier molecular flexibility index (Phi) is 11.7. The van der Waals surface area contributed by atoms with Gasteiger partial charge in [-0.1, -0.05) is 70.2 Å². The number of imidazole rings is 2. The minimum Gasteiger partial charge on any atom is -0.453 e. The van der Waals surface area contributed by atoms with Crippen molar-refractivity contribution in [3.05, 3.63) is 71.6 Å². The van der Waals surface area contributed by atoms with Crippen LogP contribution in [-0.4, -0.2) is 93.1 Å². The van der Waals surface area contributed by atoms with Crippen molar-refractivity contribution >= 4 is 24.0 Å². The maximum Gasteiger partial charge on any atom is 0.407 e. The number of hydrogen-bond acceptors (Lipinski definition) is 8. The predicted octanol–water partition coefficient (Wildman–Crippen LogP) is 6.71. The third-order valence-corrected chi connectivity index (χ3v) is 11.6. The molecule has 4 heterocycles. The Morgan fingerprint density at radius 2 is 1.28 bits per heavy atom. The number of carbonyl (C=O) groups excluding carboxylic acids is 4. The fourth-order valence-corrected chi connectivity index (χ4v) is 8.54. The smallest absolute Gasteiger partial charge is 0.407 e. The normalized spacial score (nSPS) is 18.8. The second-order valence-corrected chi connectivity index (χ2v) is 16.0. The average Bonchev–Trinajstić information content (AvgIpc) is 4.04. The van der Waals surface area contributed by atoms with Gasteiger partial charge < -0.3 is 39.9 Å². The van der Waals surface area contributed by atoms with E-state index in [0.717, 1.165) is 95.9 Å². The zero-order valence-electron chi connectivity index (χ0n) is 33.7. The van der Waals surface area contributed by atoms with Gasteiger partial charge in [0, 0.05) is 24.3 Å². The molecule has 0 radical (unpaired) electrons. The van der Waals surface area contributed by atoms with Gasteiger partial charge >= 0.3 is 12.2 Å². The van der Waals surface area contributed by atoms with E-state index in [0.29, 0.717) is 13.1 Å². The molecule has 4 atom stereocenters. The number of nitrogens with zero attached hydrogens (tertiary/aromatic N) is 4. The molecular weight excluding hydrogens is 725 g/mol. The Bertz CT molecular complexity index is 2110. The summed E-state index contributed by atoms with van der Waals surface area (Å²) in [6, 6.07) is 13.2. The molecule has 4 aromatic rings. The van der Waals surface area contributed by atoms with Crippen LogP contribution in [-0.2, 0) is 31.9 Å². The fraction of sp³-hybridized carbons (Fsp3) is 0.488. The van der Waals surface area contributed by atoms with Crippen molar-refractivity contribution in [3.63, 3.8) is 0 Å². The number of aromatic amines is 2. The third-order valence-electron chi connectivity index (χ3n) is 11.6. The summed E-state index contributed by atoms with van der Waals surface area (Å²) in [7, 11) is 2.60. The zero-order chi connectivity index (χ0) is 40.4. The van der Waals surface area contributed by atoms with Crippen molar-refractivity contribution in [1.82, 2.24) is 40.4 Å². The maximum atomic E-state index is 13.7. The number of alkyl carbamates (subject to hydrolysis) is 2. The van der Waals surface area contributed by atoms with Gasteiger partial charge in [0.1, 0.15) is 23.7 Å². The SMILES string of the molecule is COC(=O)NC(C(=O)N1CCC[C@H]1c1nc2c([nH]1)CCCc1cc(-c3ccc(-c4cnc([C@@H]5CCCN5C(=O)[C@@H](NC(=O)OC)C(C)C)[nH]4)cc3)ccc1-2)C(C)C. The molecule has 14 nitrogen and oxygen atoms in total. The van der Waals surface area contributed by atoms with Crippen LogP contribution in [0, 0.1) is 11.8 Å².